The molecular formula is C24H31N3O6S. The molecule has 2 fully saturated rings. The first-order valence-corrected chi connectivity index (χ1v) is 12.6. The Morgan fingerprint density at radius 3 is 2.53 bits per heavy atom. The van der Waals surface area contributed by atoms with Crippen LogP contribution in [-0.4, -0.2) is 82.2 Å². The number of amides is 1. The highest BCUT2D eigenvalue weighted by Crippen LogP contribution is 2.26. The third kappa shape index (κ3) is 5.20. The van der Waals surface area contributed by atoms with Gasteiger partial charge in [0.2, 0.25) is 0 Å². The normalized spacial score (nSPS) is 20.9. The maximum atomic E-state index is 13.2. The van der Waals surface area contributed by atoms with Gasteiger partial charge in [-0.25, -0.2) is 0 Å². The number of methoxy groups -OCH3 is 1. The first-order chi connectivity index (χ1) is 16.2. The number of anilines is 1. The van der Waals surface area contributed by atoms with E-state index in [0.29, 0.717) is 43.3 Å². The first-order valence-electron chi connectivity index (χ1n) is 11.2. The summed E-state index contributed by atoms with van der Waals surface area (Å²) in [6.45, 7) is 5.44. The van der Waals surface area contributed by atoms with Crippen LogP contribution < -0.4 is 9.46 Å². The van der Waals surface area contributed by atoms with Crippen molar-refractivity contribution in [3.63, 3.8) is 0 Å². The number of likely N-dealkylation sites (tertiary alicyclic amines) is 1. The monoisotopic (exact) mass is 489 g/mol. The molecule has 2 heterocycles. The number of carbonyl (C=O) groups is 1. The number of nitrogens with one attached hydrogen (secondary N) is 1. The average Bonchev–Trinajstić information content (AvgIpc) is 3.16. The Bertz CT molecular complexity index is 1150. The van der Waals surface area contributed by atoms with Crippen LogP contribution in [0.5, 0.6) is 5.75 Å². The van der Waals surface area contributed by atoms with Crippen LogP contribution in [0.4, 0.5) is 5.69 Å². The Morgan fingerprint density at radius 2 is 1.85 bits per heavy atom. The maximum absolute atomic E-state index is 13.2. The Labute approximate surface area is 200 Å². The lowest BCUT2D eigenvalue weighted by atomic mass is 10.0. The number of benzene rings is 2. The van der Waals surface area contributed by atoms with Crippen molar-refractivity contribution < 1.29 is 27.4 Å². The molecule has 1 amide bonds. The molecule has 10 heteroatoms. The van der Waals surface area contributed by atoms with Crippen molar-refractivity contribution in [2.45, 2.75) is 32.1 Å². The Morgan fingerprint density at radius 1 is 1.12 bits per heavy atom. The SMILES string of the molecule is COC1CN(C(=O)c2cc(C)ccc2C)CC1Oc1cccc(NS(=O)(=O)N(C)C2COC2)c1. The summed E-state index contributed by atoms with van der Waals surface area (Å²) >= 11 is 0. The van der Waals surface area contributed by atoms with E-state index in [1.54, 1.807) is 36.3 Å². The zero-order valence-electron chi connectivity index (χ0n) is 19.9. The summed E-state index contributed by atoms with van der Waals surface area (Å²) in [4.78, 5) is 14.9. The van der Waals surface area contributed by atoms with E-state index in [-0.39, 0.29) is 24.2 Å². The summed E-state index contributed by atoms with van der Waals surface area (Å²) in [5.74, 6) is 0.432. The van der Waals surface area contributed by atoms with Gasteiger partial charge in [0.25, 0.3) is 5.91 Å². The predicted molar refractivity (Wildman–Crippen MR) is 128 cm³/mol. The molecule has 4 rings (SSSR count). The van der Waals surface area contributed by atoms with E-state index in [4.69, 9.17) is 14.2 Å². The maximum Gasteiger partial charge on any atom is 0.301 e. The van der Waals surface area contributed by atoms with Crippen LogP contribution in [0.1, 0.15) is 21.5 Å². The molecule has 2 atom stereocenters. The summed E-state index contributed by atoms with van der Waals surface area (Å²) in [6, 6.07) is 12.4. The molecule has 34 heavy (non-hydrogen) atoms. The van der Waals surface area contributed by atoms with E-state index in [9.17, 15) is 13.2 Å². The van der Waals surface area contributed by atoms with E-state index >= 15 is 0 Å². The van der Waals surface area contributed by atoms with Crippen LogP contribution in [0.25, 0.3) is 0 Å². The molecule has 0 aromatic heterocycles. The summed E-state index contributed by atoms with van der Waals surface area (Å²) in [5, 5.41) is 0. The average molecular weight is 490 g/mol. The Balaban J connectivity index is 1.45. The van der Waals surface area contributed by atoms with Crippen LogP contribution in [-0.2, 0) is 19.7 Å². The molecule has 2 aliphatic rings. The molecule has 2 unspecified atom stereocenters. The molecule has 1 N–H and O–H groups in total. The van der Waals surface area contributed by atoms with Crippen LogP contribution in [0.3, 0.4) is 0 Å². The summed E-state index contributed by atoms with van der Waals surface area (Å²) < 4.78 is 46.0. The minimum atomic E-state index is -3.72. The van der Waals surface area contributed by atoms with Crippen LogP contribution in [0, 0.1) is 13.8 Å². The van der Waals surface area contributed by atoms with Gasteiger partial charge in [-0.2, -0.15) is 12.7 Å². The summed E-state index contributed by atoms with van der Waals surface area (Å²) in [5.41, 5.74) is 3.01. The molecule has 9 nitrogen and oxygen atoms in total. The van der Waals surface area contributed by atoms with Crippen molar-refractivity contribution in [1.29, 1.82) is 0 Å². The molecule has 2 aromatic carbocycles. The second-order valence-electron chi connectivity index (χ2n) is 8.80. The van der Waals surface area contributed by atoms with Crippen molar-refractivity contribution in [2.24, 2.45) is 0 Å². The van der Waals surface area contributed by atoms with Gasteiger partial charge in [-0.15, -0.1) is 0 Å². The number of hydrogen-bond donors (Lipinski definition) is 1. The Hall–Kier alpha value is -2.66. The standard InChI is InChI=1S/C24H31N3O6S/c1-16-8-9-17(2)21(10-16)24(28)27-12-22(31-4)23(13-27)33-20-7-5-6-18(11-20)25-34(29,30)26(3)19-14-32-15-19/h5-11,19,22-23,25H,12-15H2,1-4H3. The van der Waals surface area contributed by atoms with E-state index < -0.39 is 10.2 Å². The fourth-order valence-electron chi connectivity index (χ4n) is 4.04. The Kier molecular flexibility index (Phi) is 7.13. The van der Waals surface area contributed by atoms with Gasteiger partial charge in [0, 0.05) is 25.8 Å². The summed E-state index contributed by atoms with van der Waals surface area (Å²) in [6.07, 6.45) is -0.695. The first kappa shape index (κ1) is 24.5. The van der Waals surface area contributed by atoms with E-state index in [2.05, 4.69) is 4.72 Å². The largest absolute Gasteiger partial charge is 0.486 e. The lowest BCUT2D eigenvalue weighted by Crippen LogP contribution is -2.51. The van der Waals surface area contributed by atoms with E-state index in [1.165, 1.54) is 11.4 Å². The van der Waals surface area contributed by atoms with Gasteiger partial charge < -0.3 is 19.1 Å². The highest BCUT2D eigenvalue weighted by molar-refractivity contribution is 7.90. The van der Waals surface area contributed by atoms with Crippen molar-refractivity contribution in [1.82, 2.24) is 9.21 Å². The lowest BCUT2D eigenvalue weighted by Gasteiger charge is -2.33. The van der Waals surface area contributed by atoms with Gasteiger partial charge in [-0.05, 0) is 37.6 Å². The van der Waals surface area contributed by atoms with Gasteiger partial charge in [-0.1, -0.05) is 23.8 Å². The smallest absolute Gasteiger partial charge is 0.301 e. The van der Waals surface area contributed by atoms with Crippen LogP contribution >= 0.6 is 0 Å². The zero-order chi connectivity index (χ0) is 24.5. The second-order valence-corrected chi connectivity index (χ2v) is 10.5. The molecule has 2 aliphatic heterocycles. The zero-order valence-corrected chi connectivity index (χ0v) is 20.7. The van der Waals surface area contributed by atoms with Gasteiger partial charge in [-0.3, -0.25) is 9.52 Å². The van der Waals surface area contributed by atoms with Crippen LogP contribution in [0.15, 0.2) is 42.5 Å². The van der Waals surface area contributed by atoms with Gasteiger partial charge in [0.05, 0.1) is 38.0 Å². The predicted octanol–water partition coefficient (Wildman–Crippen LogP) is 2.21. The molecule has 0 spiro atoms. The van der Waals surface area contributed by atoms with Crippen molar-refractivity contribution in [3.05, 3.63) is 59.2 Å². The highest BCUT2D eigenvalue weighted by Gasteiger charge is 2.38. The third-order valence-corrected chi connectivity index (χ3v) is 7.86. The van der Waals surface area contributed by atoms with E-state index in [1.807, 2.05) is 32.0 Å². The quantitative estimate of drug-likeness (QED) is 0.611. The minimum Gasteiger partial charge on any atom is -0.486 e. The molecule has 0 radical (unpaired) electrons. The fraction of sp³-hybridized carbons (Fsp3) is 0.458. The topological polar surface area (TPSA) is 97.4 Å². The molecule has 0 bridgehead atoms. The second kappa shape index (κ2) is 9.91. The van der Waals surface area contributed by atoms with Gasteiger partial charge in [0.15, 0.2) is 0 Å². The molecule has 2 aromatic rings. The number of likely N-dealkylation sites (N-methyl/N-ethyl adjacent to an activating group) is 1. The van der Waals surface area contributed by atoms with Crippen molar-refractivity contribution in [2.75, 3.05) is 45.2 Å². The van der Waals surface area contributed by atoms with Crippen LogP contribution in [0.2, 0.25) is 0 Å². The number of ether oxygens (including phenoxy) is 3. The number of rotatable bonds is 8. The number of nitrogens with zero attached hydrogens (tertiary/aromatic N) is 2. The number of aryl methyl sites for hydroxylation is 2. The van der Waals surface area contributed by atoms with Crippen molar-refractivity contribution >= 4 is 21.8 Å². The highest BCUT2D eigenvalue weighted by atomic mass is 32.2. The molecule has 0 saturated carbocycles. The lowest BCUT2D eigenvalue weighted by molar-refractivity contribution is -0.0303. The molecular weight excluding hydrogens is 458 g/mol. The van der Waals surface area contributed by atoms with Gasteiger partial charge in [0.1, 0.15) is 18.0 Å². The molecule has 2 saturated heterocycles. The summed E-state index contributed by atoms with van der Waals surface area (Å²) in [7, 11) is -0.599. The number of carbonyl (C=O) groups excluding carboxylic acids is 1. The molecule has 184 valence electrons. The number of hydrogen-bond acceptors (Lipinski definition) is 6. The third-order valence-electron chi connectivity index (χ3n) is 6.31. The van der Waals surface area contributed by atoms with Gasteiger partial charge >= 0.3 is 10.2 Å². The molecule has 0 aliphatic carbocycles. The fourth-order valence-corrected chi connectivity index (χ4v) is 5.13. The minimum absolute atomic E-state index is 0.0566. The van der Waals surface area contributed by atoms with E-state index in [0.717, 1.165) is 11.1 Å². The van der Waals surface area contributed by atoms with Crippen molar-refractivity contribution in [3.8, 4) is 5.75 Å².